The lowest BCUT2D eigenvalue weighted by molar-refractivity contribution is -0.116. The summed E-state index contributed by atoms with van der Waals surface area (Å²) in [6.07, 6.45) is 2.43. The number of hydrogen-bond donors (Lipinski definition) is 1. The first kappa shape index (κ1) is 17.0. The fourth-order valence-electron chi connectivity index (χ4n) is 2.46. The molecule has 0 aliphatic carbocycles. The van der Waals surface area contributed by atoms with Gasteiger partial charge in [-0.05, 0) is 36.4 Å². The van der Waals surface area contributed by atoms with Crippen LogP contribution in [0.1, 0.15) is 10.4 Å². The molecule has 0 bridgehead atoms. The van der Waals surface area contributed by atoms with Crippen LogP contribution in [-0.4, -0.2) is 16.8 Å². The number of halogens is 3. The molecule has 1 aromatic heterocycles. The molecule has 2 aromatic carbocycles. The van der Waals surface area contributed by atoms with Crippen LogP contribution in [0.5, 0.6) is 0 Å². The number of carbonyl (C=O) groups excluding carboxylic acids is 2. The third kappa shape index (κ3) is 3.48. The van der Waals surface area contributed by atoms with Gasteiger partial charge in [-0.3, -0.25) is 9.59 Å². The first-order valence-corrected chi connectivity index (χ1v) is 8.51. The first-order valence-electron chi connectivity index (χ1n) is 6.96. The van der Waals surface area contributed by atoms with Gasteiger partial charge in [0.1, 0.15) is 6.54 Å². The van der Waals surface area contributed by atoms with E-state index >= 15 is 0 Å². The lowest BCUT2D eigenvalue weighted by Gasteiger charge is -2.09. The first-order chi connectivity index (χ1) is 11.5. The number of carbonyl (C=O) groups is 2. The van der Waals surface area contributed by atoms with Crippen LogP contribution < -0.4 is 5.32 Å². The summed E-state index contributed by atoms with van der Waals surface area (Å²) in [5, 5.41) is 4.40. The van der Waals surface area contributed by atoms with Crippen LogP contribution in [0.15, 0.2) is 47.1 Å². The molecular weight excluding hydrogens is 415 g/mol. The Hall–Kier alpha value is -1.82. The molecule has 0 atom stereocenters. The van der Waals surface area contributed by atoms with Crippen LogP contribution in [0.4, 0.5) is 5.69 Å². The third-order valence-electron chi connectivity index (χ3n) is 3.52. The van der Waals surface area contributed by atoms with Crippen molar-refractivity contribution in [3.63, 3.8) is 0 Å². The van der Waals surface area contributed by atoms with Gasteiger partial charge in [-0.25, -0.2) is 0 Å². The zero-order valence-corrected chi connectivity index (χ0v) is 15.3. The van der Waals surface area contributed by atoms with Crippen LogP contribution in [0.25, 0.3) is 10.9 Å². The van der Waals surface area contributed by atoms with Crippen molar-refractivity contribution >= 4 is 67.9 Å². The maximum absolute atomic E-state index is 12.3. The Morgan fingerprint density at radius 1 is 1.21 bits per heavy atom. The molecule has 1 heterocycles. The summed E-state index contributed by atoms with van der Waals surface area (Å²) in [6, 6.07) is 10.4. The van der Waals surface area contributed by atoms with Crippen molar-refractivity contribution in [2.75, 3.05) is 5.32 Å². The number of benzene rings is 2. The molecule has 0 spiro atoms. The SMILES string of the molecule is O=Cc1cn(CC(=O)Nc2cc(Cl)ccc2Cl)c2ccc(Br)cc12. The predicted octanol–water partition coefficient (Wildman–Crippen LogP) is 5.16. The van der Waals surface area contributed by atoms with Crippen LogP contribution in [-0.2, 0) is 11.3 Å². The summed E-state index contributed by atoms with van der Waals surface area (Å²) < 4.78 is 2.59. The van der Waals surface area contributed by atoms with E-state index in [1.165, 1.54) is 0 Å². The molecule has 122 valence electrons. The standard InChI is InChI=1S/C17H11BrCl2N2O2/c18-11-1-4-16-13(5-11)10(9-23)7-22(16)8-17(24)21-15-6-12(19)2-3-14(15)20/h1-7,9H,8H2,(H,21,24). The number of aromatic nitrogens is 1. The van der Waals surface area contributed by atoms with Crippen molar-refractivity contribution in [3.05, 3.63) is 62.7 Å². The van der Waals surface area contributed by atoms with Gasteiger partial charge < -0.3 is 9.88 Å². The molecule has 0 aliphatic rings. The molecule has 7 heteroatoms. The molecule has 1 N–H and O–H groups in total. The van der Waals surface area contributed by atoms with E-state index in [2.05, 4.69) is 21.2 Å². The second-order valence-corrected chi connectivity index (χ2v) is 6.92. The normalized spacial score (nSPS) is 10.8. The number of nitrogens with zero attached hydrogens (tertiary/aromatic N) is 1. The number of fused-ring (bicyclic) bond motifs is 1. The maximum Gasteiger partial charge on any atom is 0.244 e. The number of aldehydes is 1. The predicted molar refractivity (Wildman–Crippen MR) is 100 cm³/mol. The van der Waals surface area contributed by atoms with Gasteiger partial charge in [0.05, 0.1) is 10.7 Å². The Morgan fingerprint density at radius 3 is 2.75 bits per heavy atom. The minimum atomic E-state index is -0.267. The summed E-state index contributed by atoms with van der Waals surface area (Å²) in [4.78, 5) is 23.6. The van der Waals surface area contributed by atoms with E-state index in [4.69, 9.17) is 23.2 Å². The Balaban J connectivity index is 1.88. The van der Waals surface area contributed by atoms with Crippen LogP contribution in [0.3, 0.4) is 0 Å². The van der Waals surface area contributed by atoms with E-state index < -0.39 is 0 Å². The molecule has 4 nitrogen and oxygen atoms in total. The van der Waals surface area contributed by atoms with Crippen molar-refractivity contribution in [2.24, 2.45) is 0 Å². The molecule has 0 unspecified atom stereocenters. The molecule has 0 saturated carbocycles. The summed E-state index contributed by atoms with van der Waals surface area (Å²) in [5.74, 6) is -0.267. The van der Waals surface area contributed by atoms with Crippen LogP contribution >= 0.6 is 39.1 Å². The Morgan fingerprint density at radius 2 is 2.00 bits per heavy atom. The van der Waals surface area contributed by atoms with Crippen molar-refractivity contribution in [1.82, 2.24) is 4.57 Å². The number of hydrogen-bond acceptors (Lipinski definition) is 2. The highest BCUT2D eigenvalue weighted by atomic mass is 79.9. The Labute approximate surface area is 156 Å². The molecule has 3 rings (SSSR count). The van der Waals surface area contributed by atoms with E-state index in [9.17, 15) is 9.59 Å². The maximum atomic E-state index is 12.3. The van der Waals surface area contributed by atoms with E-state index in [0.717, 1.165) is 21.7 Å². The van der Waals surface area contributed by atoms with E-state index in [1.807, 2.05) is 18.2 Å². The molecule has 0 saturated heterocycles. The summed E-state index contributed by atoms with van der Waals surface area (Å²) in [6.45, 7) is 0.0504. The number of anilines is 1. The van der Waals surface area contributed by atoms with Crippen molar-refractivity contribution in [1.29, 1.82) is 0 Å². The minimum absolute atomic E-state index is 0.0504. The average Bonchev–Trinajstić information content (AvgIpc) is 2.87. The van der Waals surface area contributed by atoms with Crippen molar-refractivity contribution < 1.29 is 9.59 Å². The highest BCUT2D eigenvalue weighted by Gasteiger charge is 2.12. The van der Waals surface area contributed by atoms with Crippen LogP contribution in [0.2, 0.25) is 10.0 Å². The van der Waals surface area contributed by atoms with E-state index in [-0.39, 0.29) is 12.5 Å². The molecule has 1 amide bonds. The zero-order chi connectivity index (χ0) is 17.3. The molecule has 24 heavy (non-hydrogen) atoms. The Kier molecular flexibility index (Phi) is 4.94. The lowest BCUT2D eigenvalue weighted by atomic mass is 10.2. The molecule has 0 radical (unpaired) electrons. The van der Waals surface area contributed by atoms with Gasteiger partial charge in [0.15, 0.2) is 6.29 Å². The topological polar surface area (TPSA) is 51.1 Å². The van der Waals surface area contributed by atoms with Gasteiger partial charge in [-0.15, -0.1) is 0 Å². The van der Waals surface area contributed by atoms with Gasteiger partial charge in [-0.1, -0.05) is 39.1 Å². The third-order valence-corrected chi connectivity index (χ3v) is 4.58. The Bertz CT molecular complexity index is 953. The largest absolute Gasteiger partial charge is 0.337 e. The number of amides is 1. The summed E-state index contributed by atoms with van der Waals surface area (Å²) >= 11 is 15.4. The fraction of sp³-hybridized carbons (Fsp3) is 0.0588. The lowest BCUT2D eigenvalue weighted by Crippen LogP contribution is -2.18. The minimum Gasteiger partial charge on any atom is -0.337 e. The van der Waals surface area contributed by atoms with Gasteiger partial charge in [-0.2, -0.15) is 0 Å². The quantitative estimate of drug-likeness (QED) is 0.586. The van der Waals surface area contributed by atoms with E-state index in [1.54, 1.807) is 29.0 Å². The summed E-state index contributed by atoms with van der Waals surface area (Å²) in [5.41, 5.74) is 1.77. The van der Waals surface area contributed by atoms with Crippen LogP contribution in [0, 0.1) is 0 Å². The molecule has 3 aromatic rings. The van der Waals surface area contributed by atoms with Gasteiger partial charge in [0.25, 0.3) is 0 Å². The highest BCUT2D eigenvalue weighted by Crippen LogP contribution is 2.26. The smallest absolute Gasteiger partial charge is 0.244 e. The second kappa shape index (κ2) is 6.97. The monoisotopic (exact) mass is 424 g/mol. The zero-order valence-electron chi connectivity index (χ0n) is 12.2. The van der Waals surface area contributed by atoms with Gasteiger partial charge in [0.2, 0.25) is 5.91 Å². The molecule has 0 aliphatic heterocycles. The average molecular weight is 426 g/mol. The fourth-order valence-corrected chi connectivity index (χ4v) is 3.16. The van der Waals surface area contributed by atoms with Crippen molar-refractivity contribution in [3.8, 4) is 0 Å². The second-order valence-electron chi connectivity index (χ2n) is 5.16. The molecular formula is C17H11BrCl2N2O2. The number of nitrogens with one attached hydrogen (secondary N) is 1. The number of rotatable bonds is 4. The van der Waals surface area contributed by atoms with Gasteiger partial charge in [0, 0.05) is 32.2 Å². The summed E-state index contributed by atoms with van der Waals surface area (Å²) in [7, 11) is 0. The highest BCUT2D eigenvalue weighted by molar-refractivity contribution is 9.10. The molecule has 0 fully saturated rings. The van der Waals surface area contributed by atoms with E-state index in [0.29, 0.717) is 21.3 Å². The van der Waals surface area contributed by atoms with Crippen molar-refractivity contribution in [2.45, 2.75) is 6.54 Å². The van der Waals surface area contributed by atoms with Gasteiger partial charge >= 0.3 is 0 Å².